The molecule has 1 aliphatic carbocycles. The Bertz CT molecular complexity index is 807. The van der Waals surface area contributed by atoms with E-state index in [1.165, 1.54) is 32.1 Å². The number of thioether (sulfide) groups is 1. The van der Waals surface area contributed by atoms with E-state index in [1.807, 2.05) is 0 Å². The van der Waals surface area contributed by atoms with Gasteiger partial charge >= 0.3 is 6.03 Å². The first-order chi connectivity index (χ1) is 13.7. The standard InChI is InChI=1S/C19H24ClN5O2S/c20-15-6-8-16(9-7-15)27-13-17-22-23-19-25(17)24(10-11-28-19)18(26)21-12-14-4-2-1-3-5-14/h6-9,14H,1-5,10-13H2,(H,21,26). The first-order valence-corrected chi connectivity index (χ1v) is 11.1. The van der Waals surface area contributed by atoms with Crippen LogP contribution in [0.15, 0.2) is 29.4 Å². The van der Waals surface area contributed by atoms with Crippen LogP contribution in [0.1, 0.15) is 37.9 Å². The summed E-state index contributed by atoms with van der Waals surface area (Å²) in [6.45, 7) is 1.57. The number of fused-ring (bicyclic) bond motifs is 1. The molecule has 9 heteroatoms. The summed E-state index contributed by atoms with van der Waals surface area (Å²) >= 11 is 7.51. The van der Waals surface area contributed by atoms with E-state index in [0.29, 0.717) is 34.2 Å². The molecule has 0 radical (unpaired) electrons. The number of nitrogens with zero attached hydrogens (tertiary/aromatic N) is 4. The average Bonchev–Trinajstić information content (AvgIpc) is 3.15. The molecule has 0 spiro atoms. The van der Waals surface area contributed by atoms with Gasteiger partial charge in [0.1, 0.15) is 12.4 Å². The molecule has 28 heavy (non-hydrogen) atoms. The Labute approximate surface area is 173 Å². The third kappa shape index (κ3) is 4.55. The third-order valence-corrected chi connectivity index (χ3v) is 6.29. The largest absolute Gasteiger partial charge is 0.486 e. The van der Waals surface area contributed by atoms with Gasteiger partial charge in [-0.1, -0.05) is 42.6 Å². The monoisotopic (exact) mass is 421 g/mol. The van der Waals surface area contributed by atoms with Crippen molar-refractivity contribution < 1.29 is 9.53 Å². The third-order valence-electron chi connectivity index (χ3n) is 5.14. The number of rotatable bonds is 5. The molecule has 7 nitrogen and oxygen atoms in total. The number of urea groups is 1. The van der Waals surface area contributed by atoms with Gasteiger partial charge in [-0.15, -0.1) is 10.2 Å². The molecule has 1 aromatic heterocycles. The van der Waals surface area contributed by atoms with Crippen molar-refractivity contribution in [2.24, 2.45) is 5.92 Å². The Hall–Kier alpha value is -1.93. The van der Waals surface area contributed by atoms with Crippen molar-refractivity contribution in [3.8, 4) is 5.75 Å². The summed E-state index contributed by atoms with van der Waals surface area (Å²) in [5.74, 6) is 2.68. The number of hydrogen-bond acceptors (Lipinski definition) is 5. The van der Waals surface area contributed by atoms with Crippen molar-refractivity contribution in [3.05, 3.63) is 35.1 Å². The highest BCUT2D eigenvalue weighted by atomic mass is 35.5. The molecule has 1 aliphatic heterocycles. The summed E-state index contributed by atoms with van der Waals surface area (Å²) in [5, 5.41) is 14.6. The Kier molecular flexibility index (Phi) is 6.26. The Balaban J connectivity index is 1.41. The molecular weight excluding hydrogens is 398 g/mol. The fourth-order valence-corrected chi connectivity index (χ4v) is 4.62. The molecule has 0 saturated heterocycles. The van der Waals surface area contributed by atoms with Gasteiger partial charge in [0.2, 0.25) is 5.16 Å². The van der Waals surface area contributed by atoms with Crippen molar-refractivity contribution in [3.63, 3.8) is 0 Å². The normalized spacial score (nSPS) is 17.2. The topological polar surface area (TPSA) is 72.3 Å². The summed E-state index contributed by atoms with van der Waals surface area (Å²) in [6.07, 6.45) is 6.25. The zero-order valence-corrected chi connectivity index (χ0v) is 17.2. The fourth-order valence-electron chi connectivity index (χ4n) is 3.63. The predicted molar refractivity (Wildman–Crippen MR) is 110 cm³/mol. The fraction of sp³-hybridized carbons (Fsp3) is 0.526. The van der Waals surface area contributed by atoms with E-state index in [4.69, 9.17) is 16.3 Å². The van der Waals surface area contributed by atoms with Crippen molar-refractivity contribution in [2.75, 3.05) is 23.9 Å². The maximum Gasteiger partial charge on any atom is 0.336 e. The molecule has 4 rings (SSSR count). The van der Waals surface area contributed by atoms with E-state index in [0.717, 1.165) is 12.3 Å². The summed E-state index contributed by atoms with van der Waals surface area (Å²) < 4.78 is 7.58. The van der Waals surface area contributed by atoms with Gasteiger partial charge in [0, 0.05) is 17.3 Å². The number of aromatic nitrogens is 3. The number of hydrogen-bond donors (Lipinski definition) is 1. The number of amides is 2. The van der Waals surface area contributed by atoms with Crippen LogP contribution in [0, 0.1) is 5.92 Å². The van der Waals surface area contributed by atoms with Gasteiger partial charge in [-0.2, -0.15) is 0 Å². The van der Waals surface area contributed by atoms with Crippen LogP contribution in [0.4, 0.5) is 4.79 Å². The SMILES string of the molecule is O=C(NCC1CCCCC1)N1CCSc2nnc(COc3ccc(Cl)cc3)n21. The van der Waals surface area contributed by atoms with Gasteiger partial charge in [-0.3, -0.25) is 0 Å². The summed E-state index contributed by atoms with van der Waals surface area (Å²) in [6, 6.07) is 7.06. The first kappa shape index (κ1) is 19.4. The second-order valence-electron chi connectivity index (χ2n) is 7.11. The van der Waals surface area contributed by atoms with E-state index in [2.05, 4.69) is 15.5 Å². The summed E-state index contributed by atoms with van der Waals surface area (Å²) in [4.78, 5) is 12.8. The summed E-state index contributed by atoms with van der Waals surface area (Å²) in [5.41, 5.74) is 0. The molecule has 0 bridgehead atoms. The molecular formula is C19H24ClN5O2S. The highest BCUT2D eigenvalue weighted by molar-refractivity contribution is 7.99. The lowest BCUT2D eigenvalue weighted by atomic mass is 9.89. The average molecular weight is 422 g/mol. The molecule has 1 aromatic carbocycles. The van der Waals surface area contributed by atoms with Crippen LogP contribution in [0.3, 0.4) is 0 Å². The minimum absolute atomic E-state index is 0.0975. The zero-order valence-electron chi connectivity index (χ0n) is 15.6. The quantitative estimate of drug-likeness (QED) is 0.793. The molecule has 1 saturated carbocycles. The molecule has 2 amide bonds. The molecule has 2 heterocycles. The molecule has 150 valence electrons. The van der Waals surface area contributed by atoms with Crippen LogP contribution in [0.2, 0.25) is 5.02 Å². The van der Waals surface area contributed by atoms with Crippen LogP contribution in [0.5, 0.6) is 5.75 Å². The predicted octanol–water partition coefficient (Wildman–Crippen LogP) is 3.84. The van der Waals surface area contributed by atoms with E-state index < -0.39 is 0 Å². The lowest BCUT2D eigenvalue weighted by Crippen LogP contribution is -2.51. The number of carbonyl (C=O) groups excluding carboxylic acids is 1. The highest BCUT2D eigenvalue weighted by Crippen LogP contribution is 2.25. The van der Waals surface area contributed by atoms with Gasteiger partial charge in [0.15, 0.2) is 5.82 Å². The number of halogens is 1. The maximum atomic E-state index is 12.8. The Morgan fingerprint density at radius 1 is 1.21 bits per heavy atom. The van der Waals surface area contributed by atoms with Crippen LogP contribution < -0.4 is 15.1 Å². The molecule has 0 atom stereocenters. The Morgan fingerprint density at radius 2 is 2.00 bits per heavy atom. The highest BCUT2D eigenvalue weighted by Gasteiger charge is 2.28. The first-order valence-electron chi connectivity index (χ1n) is 9.72. The number of benzene rings is 1. The Morgan fingerprint density at radius 3 is 2.79 bits per heavy atom. The lowest BCUT2D eigenvalue weighted by Gasteiger charge is -2.30. The second-order valence-corrected chi connectivity index (χ2v) is 8.61. The lowest BCUT2D eigenvalue weighted by molar-refractivity contribution is 0.232. The van der Waals surface area contributed by atoms with E-state index in [-0.39, 0.29) is 12.6 Å². The van der Waals surface area contributed by atoms with Crippen molar-refractivity contribution in [1.29, 1.82) is 0 Å². The smallest absolute Gasteiger partial charge is 0.336 e. The number of ether oxygens (including phenoxy) is 1. The van der Waals surface area contributed by atoms with E-state index in [1.54, 1.807) is 45.7 Å². The van der Waals surface area contributed by atoms with Gasteiger partial charge in [0.05, 0.1) is 6.54 Å². The number of carbonyl (C=O) groups is 1. The van der Waals surface area contributed by atoms with E-state index >= 15 is 0 Å². The van der Waals surface area contributed by atoms with Crippen molar-refractivity contribution in [1.82, 2.24) is 20.2 Å². The van der Waals surface area contributed by atoms with Crippen LogP contribution in [0.25, 0.3) is 0 Å². The van der Waals surface area contributed by atoms with E-state index in [9.17, 15) is 4.79 Å². The second kappa shape index (κ2) is 9.05. The molecule has 2 aromatic rings. The van der Waals surface area contributed by atoms with Crippen molar-refractivity contribution in [2.45, 2.75) is 43.9 Å². The maximum absolute atomic E-state index is 12.8. The minimum Gasteiger partial charge on any atom is -0.486 e. The van der Waals surface area contributed by atoms with Gasteiger partial charge in [0.25, 0.3) is 0 Å². The molecule has 1 N–H and O–H groups in total. The van der Waals surface area contributed by atoms with Crippen LogP contribution in [-0.2, 0) is 6.61 Å². The molecule has 0 unspecified atom stereocenters. The minimum atomic E-state index is -0.0975. The van der Waals surface area contributed by atoms with Crippen LogP contribution in [-0.4, -0.2) is 39.7 Å². The van der Waals surface area contributed by atoms with Gasteiger partial charge < -0.3 is 10.1 Å². The summed E-state index contributed by atoms with van der Waals surface area (Å²) in [7, 11) is 0. The van der Waals surface area contributed by atoms with Crippen LogP contribution >= 0.6 is 23.4 Å². The zero-order chi connectivity index (χ0) is 19.3. The van der Waals surface area contributed by atoms with Gasteiger partial charge in [-0.05, 0) is 43.0 Å². The molecule has 1 fully saturated rings. The number of nitrogens with one attached hydrogen (secondary N) is 1. The van der Waals surface area contributed by atoms with Gasteiger partial charge in [-0.25, -0.2) is 14.5 Å². The molecule has 2 aliphatic rings. The van der Waals surface area contributed by atoms with Crippen molar-refractivity contribution >= 4 is 29.4 Å².